The lowest BCUT2D eigenvalue weighted by Gasteiger charge is -2.15. The van der Waals surface area contributed by atoms with E-state index in [9.17, 15) is 4.79 Å². The fourth-order valence-corrected chi connectivity index (χ4v) is 1.18. The molecule has 72 valence electrons. The van der Waals surface area contributed by atoms with Crippen LogP contribution in [-0.2, 0) is 9.53 Å². The Morgan fingerprint density at radius 1 is 1.33 bits per heavy atom. The van der Waals surface area contributed by atoms with E-state index < -0.39 is 0 Å². The highest BCUT2D eigenvalue weighted by molar-refractivity contribution is 5.65. The summed E-state index contributed by atoms with van der Waals surface area (Å²) in [6, 6.07) is 0. The maximum absolute atomic E-state index is 10.5. The Morgan fingerprint density at radius 2 is 1.92 bits per heavy atom. The van der Waals surface area contributed by atoms with Crippen molar-refractivity contribution in [2.75, 3.05) is 6.61 Å². The average molecular weight is 172 g/mol. The van der Waals surface area contributed by atoms with Gasteiger partial charge in [0.2, 0.25) is 0 Å². The third kappa shape index (κ3) is 6.20. The van der Waals surface area contributed by atoms with E-state index in [1.165, 1.54) is 13.3 Å². The summed E-state index contributed by atoms with van der Waals surface area (Å²) >= 11 is 0. The second-order valence-electron chi connectivity index (χ2n) is 3.66. The van der Waals surface area contributed by atoms with E-state index in [1.54, 1.807) is 0 Å². The number of carbonyl (C=O) groups is 1. The Morgan fingerprint density at radius 3 is 2.33 bits per heavy atom. The van der Waals surface area contributed by atoms with Crippen LogP contribution in [0.2, 0.25) is 0 Å². The number of carbonyl (C=O) groups excluding carboxylic acids is 1. The number of rotatable bonds is 5. The van der Waals surface area contributed by atoms with Crippen LogP contribution in [0.4, 0.5) is 0 Å². The fraction of sp³-hybridized carbons (Fsp3) is 0.900. The Balaban J connectivity index is 3.45. The topological polar surface area (TPSA) is 26.3 Å². The Bertz CT molecular complexity index is 132. The van der Waals surface area contributed by atoms with Crippen molar-refractivity contribution in [2.24, 2.45) is 11.8 Å². The van der Waals surface area contributed by atoms with Gasteiger partial charge in [0.05, 0.1) is 6.61 Å². The van der Waals surface area contributed by atoms with E-state index in [4.69, 9.17) is 4.74 Å². The Hall–Kier alpha value is -0.530. The van der Waals surface area contributed by atoms with Gasteiger partial charge in [-0.3, -0.25) is 4.79 Å². The van der Waals surface area contributed by atoms with Gasteiger partial charge in [0.1, 0.15) is 0 Å². The molecule has 0 aliphatic carbocycles. The molecule has 0 spiro atoms. The minimum atomic E-state index is -0.175. The molecule has 0 N–H and O–H groups in total. The highest BCUT2D eigenvalue weighted by Crippen LogP contribution is 2.14. The lowest BCUT2D eigenvalue weighted by atomic mass is 9.96. The largest absolute Gasteiger partial charge is 0.466 e. The summed E-state index contributed by atoms with van der Waals surface area (Å²) in [6.45, 7) is 8.55. The van der Waals surface area contributed by atoms with Crippen LogP contribution < -0.4 is 0 Å². The molecule has 2 nitrogen and oxygen atoms in total. The molecule has 2 unspecified atom stereocenters. The standard InChI is InChI=1S/C10H20O2/c1-5-8(2)6-9(3)7-12-10(4)11/h8-9H,5-7H2,1-4H3. The van der Waals surface area contributed by atoms with Crippen LogP contribution in [0.5, 0.6) is 0 Å². The normalized spacial score (nSPS) is 15.3. The fourth-order valence-electron chi connectivity index (χ4n) is 1.18. The van der Waals surface area contributed by atoms with Gasteiger partial charge >= 0.3 is 5.97 Å². The first-order chi connectivity index (χ1) is 5.56. The van der Waals surface area contributed by atoms with Gasteiger partial charge in [-0.15, -0.1) is 0 Å². The quantitative estimate of drug-likeness (QED) is 0.596. The number of hydrogen-bond acceptors (Lipinski definition) is 2. The first-order valence-corrected chi connectivity index (χ1v) is 4.69. The van der Waals surface area contributed by atoms with E-state index in [2.05, 4.69) is 20.8 Å². The van der Waals surface area contributed by atoms with E-state index in [0.717, 1.165) is 12.3 Å². The van der Waals surface area contributed by atoms with Crippen LogP contribution in [0.25, 0.3) is 0 Å². The molecule has 0 aliphatic rings. The molecule has 0 aromatic rings. The molecule has 0 aromatic carbocycles. The zero-order valence-electron chi connectivity index (χ0n) is 8.59. The van der Waals surface area contributed by atoms with Gasteiger partial charge < -0.3 is 4.74 Å². The molecule has 2 heteroatoms. The van der Waals surface area contributed by atoms with Crippen LogP contribution in [-0.4, -0.2) is 12.6 Å². The predicted molar refractivity (Wildman–Crippen MR) is 49.9 cm³/mol. The van der Waals surface area contributed by atoms with E-state index >= 15 is 0 Å². The Kier molecular flexibility index (Phi) is 5.77. The lowest BCUT2D eigenvalue weighted by Crippen LogP contribution is -2.12. The van der Waals surface area contributed by atoms with Crippen LogP contribution in [0.15, 0.2) is 0 Å². The molecule has 0 bridgehead atoms. The highest BCUT2D eigenvalue weighted by atomic mass is 16.5. The SMILES string of the molecule is CCC(C)CC(C)COC(C)=O. The molecule has 0 radical (unpaired) electrons. The van der Waals surface area contributed by atoms with Gasteiger partial charge in [0, 0.05) is 6.92 Å². The van der Waals surface area contributed by atoms with Crippen molar-refractivity contribution in [1.29, 1.82) is 0 Å². The van der Waals surface area contributed by atoms with Crippen LogP contribution >= 0.6 is 0 Å². The summed E-state index contributed by atoms with van der Waals surface area (Å²) < 4.78 is 4.91. The first kappa shape index (κ1) is 11.5. The molecular weight excluding hydrogens is 152 g/mol. The van der Waals surface area contributed by atoms with Gasteiger partial charge in [0.15, 0.2) is 0 Å². The number of esters is 1. The van der Waals surface area contributed by atoms with Crippen molar-refractivity contribution in [3.05, 3.63) is 0 Å². The summed E-state index contributed by atoms with van der Waals surface area (Å²) in [5, 5.41) is 0. The molecule has 0 amide bonds. The monoisotopic (exact) mass is 172 g/mol. The third-order valence-corrected chi connectivity index (χ3v) is 2.07. The molecule has 0 saturated heterocycles. The molecule has 12 heavy (non-hydrogen) atoms. The smallest absolute Gasteiger partial charge is 0.302 e. The van der Waals surface area contributed by atoms with Gasteiger partial charge in [-0.2, -0.15) is 0 Å². The second-order valence-corrected chi connectivity index (χ2v) is 3.66. The summed E-state index contributed by atoms with van der Waals surface area (Å²) in [7, 11) is 0. The van der Waals surface area contributed by atoms with Crippen molar-refractivity contribution in [2.45, 2.75) is 40.5 Å². The van der Waals surface area contributed by atoms with E-state index in [0.29, 0.717) is 12.5 Å². The van der Waals surface area contributed by atoms with Gasteiger partial charge in [-0.05, 0) is 18.3 Å². The van der Waals surface area contributed by atoms with Crippen LogP contribution in [0, 0.1) is 11.8 Å². The maximum atomic E-state index is 10.5. The van der Waals surface area contributed by atoms with Crippen LogP contribution in [0.3, 0.4) is 0 Å². The van der Waals surface area contributed by atoms with Gasteiger partial charge in [0.25, 0.3) is 0 Å². The van der Waals surface area contributed by atoms with Crippen molar-refractivity contribution >= 4 is 5.97 Å². The minimum Gasteiger partial charge on any atom is -0.466 e. The lowest BCUT2D eigenvalue weighted by molar-refractivity contribution is -0.142. The van der Waals surface area contributed by atoms with E-state index in [-0.39, 0.29) is 5.97 Å². The zero-order valence-corrected chi connectivity index (χ0v) is 8.59. The van der Waals surface area contributed by atoms with Crippen molar-refractivity contribution in [3.63, 3.8) is 0 Å². The molecule has 0 heterocycles. The van der Waals surface area contributed by atoms with Crippen molar-refractivity contribution < 1.29 is 9.53 Å². The maximum Gasteiger partial charge on any atom is 0.302 e. The molecule has 0 aliphatic heterocycles. The zero-order chi connectivity index (χ0) is 9.56. The van der Waals surface area contributed by atoms with Gasteiger partial charge in [-0.1, -0.05) is 27.2 Å². The molecule has 0 rings (SSSR count). The number of ether oxygens (including phenoxy) is 1. The highest BCUT2D eigenvalue weighted by Gasteiger charge is 2.08. The summed E-state index contributed by atoms with van der Waals surface area (Å²) in [5.41, 5.74) is 0. The third-order valence-electron chi connectivity index (χ3n) is 2.07. The first-order valence-electron chi connectivity index (χ1n) is 4.69. The van der Waals surface area contributed by atoms with Crippen molar-refractivity contribution in [3.8, 4) is 0 Å². The molecule has 2 atom stereocenters. The average Bonchev–Trinajstić information content (AvgIpc) is 2.00. The van der Waals surface area contributed by atoms with Crippen molar-refractivity contribution in [1.82, 2.24) is 0 Å². The molecule has 0 aromatic heterocycles. The minimum absolute atomic E-state index is 0.175. The summed E-state index contributed by atoms with van der Waals surface area (Å²) in [5.74, 6) is 1.05. The predicted octanol–water partition coefficient (Wildman–Crippen LogP) is 2.62. The Labute approximate surface area is 75.3 Å². The van der Waals surface area contributed by atoms with E-state index in [1.807, 2.05) is 0 Å². The second kappa shape index (κ2) is 6.04. The summed E-state index contributed by atoms with van der Waals surface area (Å²) in [4.78, 5) is 10.5. The summed E-state index contributed by atoms with van der Waals surface area (Å²) in [6.07, 6.45) is 2.34. The van der Waals surface area contributed by atoms with Crippen LogP contribution in [0.1, 0.15) is 40.5 Å². The molecule has 0 fully saturated rings. The number of hydrogen-bond donors (Lipinski definition) is 0. The molecule has 0 saturated carbocycles. The molecular formula is C10H20O2. The van der Waals surface area contributed by atoms with Gasteiger partial charge in [-0.25, -0.2) is 0 Å².